The van der Waals surface area contributed by atoms with Crippen molar-refractivity contribution in [1.82, 2.24) is 4.90 Å². The van der Waals surface area contributed by atoms with E-state index in [1.165, 1.54) is 11.0 Å². The van der Waals surface area contributed by atoms with E-state index in [0.29, 0.717) is 18.5 Å². The number of benzene rings is 1. The first kappa shape index (κ1) is 15.7. The quantitative estimate of drug-likeness (QED) is 0.873. The van der Waals surface area contributed by atoms with Crippen LogP contribution in [0.3, 0.4) is 0 Å². The van der Waals surface area contributed by atoms with Crippen molar-refractivity contribution < 1.29 is 32.9 Å². The number of nitrogens with zero attached hydrogens (tertiary/aromatic N) is 1. The molecule has 1 fully saturated rings. The van der Waals surface area contributed by atoms with Crippen molar-refractivity contribution in [2.24, 2.45) is 0 Å². The van der Waals surface area contributed by atoms with Crippen LogP contribution in [0.25, 0.3) is 5.70 Å². The van der Waals surface area contributed by atoms with Crippen molar-refractivity contribution in [3.63, 3.8) is 0 Å². The number of amides is 1. The first-order chi connectivity index (χ1) is 10.8. The monoisotopic (exact) mass is 329 g/mol. The molecule has 3 rings (SSSR count). The lowest BCUT2D eigenvalue weighted by Gasteiger charge is -2.34. The second-order valence-electron chi connectivity index (χ2n) is 5.40. The summed E-state index contributed by atoms with van der Waals surface area (Å²) < 4.78 is 43.6. The molecule has 1 amide bonds. The second-order valence-corrected chi connectivity index (χ2v) is 5.40. The van der Waals surface area contributed by atoms with Gasteiger partial charge in [0, 0.05) is 18.5 Å². The average Bonchev–Trinajstić information content (AvgIpc) is 2.91. The molecular weight excluding hydrogens is 315 g/mol. The molecule has 0 aliphatic carbocycles. The lowest BCUT2D eigenvalue weighted by atomic mass is 10.00. The molecule has 2 atom stereocenters. The number of carbonyl (C=O) groups is 1. The fourth-order valence-corrected chi connectivity index (χ4v) is 2.78. The van der Waals surface area contributed by atoms with Crippen molar-refractivity contribution in [3.8, 4) is 5.75 Å². The molecule has 0 radical (unpaired) electrons. The van der Waals surface area contributed by atoms with Crippen LogP contribution in [0.2, 0.25) is 0 Å². The average molecular weight is 329 g/mol. The van der Waals surface area contributed by atoms with E-state index in [9.17, 15) is 28.2 Å². The highest BCUT2D eigenvalue weighted by molar-refractivity contribution is 5.90. The maximum atomic E-state index is 12.8. The molecule has 2 aliphatic rings. The van der Waals surface area contributed by atoms with Crippen LogP contribution in [0.5, 0.6) is 5.75 Å². The van der Waals surface area contributed by atoms with E-state index < -0.39 is 24.1 Å². The van der Waals surface area contributed by atoms with E-state index in [1.807, 2.05) is 0 Å². The Bertz CT molecular complexity index is 671. The van der Waals surface area contributed by atoms with E-state index in [4.69, 9.17) is 4.74 Å². The summed E-state index contributed by atoms with van der Waals surface area (Å²) in [6.07, 6.45) is -9.07. The largest absolute Gasteiger partial charge is 0.506 e. The molecular formula is C15H14F3NO4. The number of rotatable bonds is 2. The predicted octanol–water partition coefficient (Wildman–Crippen LogP) is 2.22. The van der Waals surface area contributed by atoms with Crippen LogP contribution in [0.15, 0.2) is 30.0 Å². The van der Waals surface area contributed by atoms with Gasteiger partial charge in [0.25, 0.3) is 0 Å². The molecule has 0 bridgehead atoms. The van der Waals surface area contributed by atoms with Gasteiger partial charge in [0.15, 0.2) is 18.0 Å². The minimum absolute atomic E-state index is 0.0253. The lowest BCUT2D eigenvalue weighted by Crippen LogP contribution is -2.46. The molecule has 2 heterocycles. The minimum Gasteiger partial charge on any atom is -0.506 e. The second kappa shape index (κ2) is 5.45. The third kappa shape index (κ3) is 2.63. The van der Waals surface area contributed by atoms with Crippen LogP contribution in [0.1, 0.15) is 18.4 Å². The number of aliphatic hydroxyl groups excluding tert-OH is 2. The van der Waals surface area contributed by atoms with Crippen molar-refractivity contribution in [3.05, 3.63) is 35.6 Å². The Hall–Kier alpha value is -2.22. The van der Waals surface area contributed by atoms with Crippen LogP contribution in [0.4, 0.5) is 13.2 Å². The Balaban J connectivity index is 2.11. The van der Waals surface area contributed by atoms with Crippen molar-refractivity contribution in [2.45, 2.75) is 31.2 Å². The van der Waals surface area contributed by atoms with Gasteiger partial charge in [-0.3, -0.25) is 4.79 Å². The Morgan fingerprint density at radius 1 is 1.30 bits per heavy atom. The van der Waals surface area contributed by atoms with Crippen LogP contribution in [-0.4, -0.2) is 45.9 Å². The molecule has 0 saturated carbocycles. The zero-order valence-corrected chi connectivity index (χ0v) is 11.9. The third-order valence-electron chi connectivity index (χ3n) is 3.87. The normalized spacial score (nSPS) is 22.9. The number of carbonyl (C=O) groups excluding carboxylic acids is 1. The van der Waals surface area contributed by atoms with E-state index in [0.717, 1.165) is 0 Å². The molecule has 1 aromatic carbocycles. The minimum atomic E-state index is -4.97. The zero-order chi connectivity index (χ0) is 16.8. The number of fused-ring (bicyclic) bond motifs is 1. The molecule has 2 N–H and O–H groups in total. The van der Waals surface area contributed by atoms with Gasteiger partial charge in [-0.25, -0.2) is 0 Å². The van der Waals surface area contributed by atoms with Gasteiger partial charge in [0.2, 0.25) is 5.91 Å². The standard InChI is InChI=1S/C15H14F3NO4/c16-15(17,18)14(22)13-12(21)11(19-7-3-6-10(19)20)8-4-1-2-5-9(8)23-13/h1-2,4-5,13-14,21-22H,3,6-7H2. The number of para-hydroxylation sites is 1. The number of halogens is 3. The van der Waals surface area contributed by atoms with Gasteiger partial charge < -0.3 is 19.8 Å². The Morgan fingerprint density at radius 3 is 2.61 bits per heavy atom. The summed E-state index contributed by atoms with van der Waals surface area (Å²) in [7, 11) is 0. The molecule has 1 aromatic rings. The predicted molar refractivity (Wildman–Crippen MR) is 73.4 cm³/mol. The molecule has 5 nitrogen and oxygen atoms in total. The summed E-state index contributed by atoms with van der Waals surface area (Å²) in [6.45, 7) is 0.293. The van der Waals surface area contributed by atoms with Crippen LogP contribution >= 0.6 is 0 Å². The Kier molecular flexibility index (Phi) is 3.71. The van der Waals surface area contributed by atoms with Gasteiger partial charge in [0.05, 0.1) is 5.70 Å². The van der Waals surface area contributed by atoms with Gasteiger partial charge in [-0.1, -0.05) is 12.1 Å². The van der Waals surface area contributed by atoms with Crippen molar-refractivity contribution in [1.29, 1.82) is 0 Å². The maximum absolute atomic E-state index is 12.8. The topological polar surface area (TPSA) is 70.0 Å². The van der Waals surface area contributed by atoms with Gasteiger partial charge in [-0.05, 0) is 18.6 Å². The molecule has 2 unspecified atom stereocenters. The van der Waals surface area contributed by atoms with Gasteiger partial charge >= 0.3 is 6.18 Å². The lowest BCUT2D eigenvalue weighted by molar-refractivity contribution is -0.225. The zero-order valence-electron chi connectivity index (χ0n) is 11.9. The summed E-state index contributed by atoms with van der Waals surface area (Å²) in [5.41, 5.74) is 0.300. The first-order valence-electron chi connectivity index (χ1n) is 7.05. The number of alkyl halides is 3. The van der Waals surface area contributed by atoms with E-state index in [1.54, 1.807) is 18.2 Å². The summed E-state index contributed by atoms with van der Waals surface area (Å²) >= 11 is 0. The Labute approximate surface area is 129 Å². The summed E-state index contributed by atoms with van der Waals surface area (Å²) in [5, 5.41) is 19.8. The summed E-state index contributed by atoms with van der Waals surface area (Å²) in [4.78, 5) is 13.2. The number of aliphatic hydroxyl groups is 2. The highest BCUT2D eigenvalue weighted by Gasteiger charge is 2.50. The van der Waals surface area contributed by atoms with E-state index >= 15 is 0 Å². The number of ether oxygens (including phenoxy) is 1. The molecule has 0 spiro atoms. The van der Waals surface area contributed by atoms with E-state index in [2.05, 4.69) is 0 Å². The van der Waals surface area contributed by atoms with E-state index in [-0.39, 0.29) is 23.8 Å². The number of likely N-dealkylation sites (tertiary alicyclic amines) is 1. The molecule has 8 heteroatoms. The Morgan fingerprint density at radius 2 is 2.00 bits per heavy atom. The van der Waals surface area contributed by atoms with Gasteiger partial charge in [0.1, 0.15) is 5.75 Å². The smallest absolute Gasteiger partial charge is 0.418 e. The third-order valence-corrected chi connectivity index (χ3v) is 3.87. The fraction of sp³-hybridized carbons (Fsp3) is 0.400. The molecule has 23 heavy (non-hydrogen) atoms. The SMILES string of the molecule is O=C1CCCN1C1=C(O)C(C(O)C(F)(F)F)Oc2ccccc21. The maximum Gasteiger partial charge on any atom is 0.418 e. The molecule has 1 saturated heterocycles. The molecule has 124 valence electrons. The summed E-state index contributed by atoms with van der Waals surface area (Å²) in [5.74, 6) is -0.999. The van der Waals surface area contributed by atoms with Gasteiger partial charge in [-0.15, -0.1) is 0 Å². The first-order valence-corrected chi connectivity index (χ1v) is 7.05. The van der Waals surface area contributed by atoms with Crippen LogP contribution in [-0.2, 0) is 4.79 Å². The fourth-order valence-electron chi connectivity index (χ4n) is 2.78. The van der Waals surface area contributed by atoms with Gasteiger partial charge in [-0.2, -0.15) is 13.2 Å². The van der Waals surface area contributed by atoms with Crippen molar-refractivity contribution in [2.75, 3.05) is 6.54 Å². The van der Waals surface area contributed by atoms with Crippen molar-refractivity contribution >= 4 is 11.6 Å². The van der Waals surface area contributed by atoms with Crippen LogP contribution in [0, 0.1) is 0 Å². The molecule has 0 aromatic heterocycles. The number of hydrogen-bond donors (Lipinski definition) is 2. The number of hydrogen-bond acceptors (Lipinski definition) is 4. The van der Waals surface area contributed by atoms with Crippen LogP contribution < -0.4 is 4.74 Å². The highest BCUT2D eigenvalue weighted by Crippen LogP contribution is 2.41. The highest BCUT2D eigenvalue weighted by atomic mass is 19.4. The molecule has 2 aliphatic heterocycles. The summed E-state index contributed by atoms with van der Waals surface area (Å²) in [6, 6.07) is 6.15.